The first-order chi connectivity index (χ1) is 9.10. The molecule has 2 rings (SSSR count). The van der Waals surface area contributed by atoms with Crippen LogP contribution in [0.3, 0.4) is 0 Å². The molecule has 0 unspecified atom stereocenters. The Labute approximate surface area is 116 Å². The fraction of sp³-hybridized carbons (Fsp3) is 0.529. The van der Waals surface area contributed by atoms with Crippen LogP contribution in [0.1, 0.15) is 55.6 Å². The summed E-state index contributed by atoms with van der Waals surface area (Å²) in [5.41, 5.74) is 5.14. The number of rotatable bonds is 5. The van der Waals surface area contributed by atoms with E-state index < -0.39 is 0 Å². The van der Waals surface area contributed by atoms with Crippen LogP contribution >= 0.6 is 0 Å². The SMILES string of the molecule is CCCc1c(CNC)oc2c(C(C)C)ccc(C)c12. The van der Waals surface area contributed by atoms with E-state index in [1.807, 2.05) is 7.05 Å². The van der Waals surface area contributed by atoms with Crippen molar-refractivity contribution in [2.24, 2.45) is 0 Å². The van der Waals surface area contributed by atoms with E-state index in [2.05, 4.69) is 45.1 Å². The molecule has 2 nitrogen and oxygen atoms in total. The van der Waals surface area contributed by atoms with Crippen molar-refractivity contribution in [3.63, 3.8) is 0 Å². The van der Waals surface area contributed by atoms with E-state index in [0.29, 0.717) is 5.92 Å². The maximum absolute atomic E-state index is 6.20. The van der Waals surface area contributed by atoms with E-state index in [0.717, 1.165) is 30.7 Å². The average molecular weight is 259 g/mol. The van der Waals surface area contributed by atoms with Gasteiger partial charge in [-0.15, -0.1) is 0 Å². The second-order valence-electron chi connectivity index (χ2n) is 5.61. The third-order valence-corrected chi connectivity index (χ3v) is 3.72. The molecule has 0 saturated carbocycles. The van der Waals surface area contributed by atoms with Gasteiger partial charge in [0.25, 0.3) is 0 Å². The smallest absolute Gasteiger partial charge is 0.138 e. The van der Waals surface area contributed by atoms with Gasteiger partial charge in [0.05, 0.1) is 6.54 Å². The van der Waals surface area contributed by atoms with Crippen LogP contribution in [0.15, 0.2) is 16.5 Å². The van der Waals surface area contributed by atoms with E-state index in [-0.39, 0.29) is 0 Å². The predicted molar refractivity (Wildman–Crippen MR) is 81.8 cm³/mol. The van der Waals surface area contributed by atoms with E-state index in [9.17, 15) is 0 Å². The van der Waals surface area contributed by atoms with Crippen LogP contribution < -0.4 is 5.32 Å². The number of fused-ring (bicyclic) bond motifs is 1. The Morgan fingerprint density at radius 1 is 1.26 bits per heavy atom. The Balaban J connectivity index is 2.73. The molecule has 0 spiro atoms. The summed E-state index contributed by atoms with van der Waals surface area (Å²) in [5, 5.41) is 4.56. The molecule has 104 valence electrons. The van der Waals surface area contributed by atoms with Crippen molar-refractivity contribution in [3.8, 4) is 0 Å². The molecule has 0 bridgehead atoms. The lowest BCUT2D eigenvalue weighted by molar-refractivity contribution is 0.519. The van der Waals surface area contributed by atoms with Gasteiger partial charge in [0, 0.05) is 10.9 Å². The molecule has 1 aromatic heterocycles. The van der Waals surface area contributed by atoms with Gasteiger partial charge in [-0.25, -0.2) is 0 Å². The van der Waals surface area contributed by atoms with Gasteiger partial charge < -0.3 is 9.73 Å². The summed E-state index contributed by atoms with van der Waals surface area (Å²) in [4.78, 5) is 0. The van der Waals surface area contributed by atoms with Crippen molar-refractivity contribution in [2.45, 2.75) is 53.0 Å². The fourth-order valence-electron chi connectivity index (χ4n) is 2.78. The molecule has 0 aliphatic rings. The summed E-state index contributed by atoms with van der Waals surface area (Å²) in [6, 6.07) is 4.44. The number of hydrogen-bond donors (Lipinski definition) is 1. The molecular weight excluding hydrogens is 234 g/mol. The third-order valence-electron chi connectivity index (χ3n) is 3.72. The predicted octanol–water partition coefficient (Wildman–Crippen LogP) is 4.54. The first-order valence-electron chi connectivity index (χ1n) is 7.28. The summed E-state index contributed by atoms with van der Waals surface area (Å²) in [6.45, 7) is 9.67. The third kappa shape index (κ3) is 2.55. The van der Waals surface area contributed by atoms with Gasteiger partial charge in [-0.05, 0) is 37.4 Å². The lowest BCUT2D eigenvalue weighted by Crippen LogP contribution is -2.06. The quantitative estimate of drug-likeness (QED) is 0.853. The molecule has 0 aliphatic carbocycles. The molecule has 0 saturated heterocycles. The van der Waals surface area contributed by atoms with E-state index >= 15 is 0 Å². The summed E-state index contributed by atoms with van der Waals surface area (Å²) < 4.78 is 6.20. The topological polar surface area (TPSA) is 25.2 Å². The van der Waals surface area contributed by atoms with Gasteiger partial charge >= 0.3 is 0 Å². The lowest BCUT2D eigenvalue weighted by atomic mass is 9.95. The molecule has 0 fully saturated rings. The minimum absolute atomic E-state index is 0.492. The van der Waals surface area contributed by atoms with Crippen LogP contribution in [0, 0.1) is 6.92 Å². The zero-order valence-corrected chi connectivity index (χ0v) is 12.8. The van der Waals surface area contributed by atoms with Crippen molar-refractivity contribution in [1.82, 2.24) is 5.32 Å². The van der Waals surface area contributed by atoms with Crippen LogP contribution in [0.4, 0.5) is 0 Å². The van der Waals surface area contributed by atoms with Crippen molar-refractivity contribution >= 4 is 11.0 Å². The van der Waals surface area contributed by atoms with Crippen molar-refractivity contribution in [2.75, 3.05) is 7.05 Å². The first-order valence-corrected chi connectivity index (χ1v) is 7.28. The van der Waals surface area contributed by atoms with Gasteiger partial charge in [-0.2, -0.15) is 0 Å². The number of aryl methyl sites for hydroxylation is 2. The Kier molecular flexibility index (Phi) is 4.31. The van der Waals surface area contributed by atoms with E-state index in [1.54, 1.807) is 0 Å². The van der Waals surface area contributed by atoms with Gasteiger partial charge in [0.2, 0.25) is 0 Å². The molecule has 0 atom stereocenters. The highest BCUT2D eigenvalue weighted by atomic mass is 16.3. The maximum atomic E-state index is 6.20. The number of nitrogens with one attached hydrogen (secondary N) is 1. The van der Waals surface area contributed by atoms with Crippen LogP contribution in [0.25, 0.3) is 11.0 Å². The molecule has 0 amide bonds. The molecular formula is C17H25NO. The highest BCUT2D eigenvalue weighted by Gasteiger charge is 2.18. The van der Waals surface area contributed by atoms with Gasteiger partial charge in [-0.1, -0.05) is 39.3 Å². The monoisotopic (exact) mass is 259 g/mol. The Morgan fingerprint density at radius 2 is 2.00 bits per heavy atom. The van der Waals surface area contributed by atoms with Crippen LogP contribution in [-0.4, -0.2) is 7.05 Å². The van der Waals surface area contributed by atoms with Crippen LogP contribution in [0.5, 0.6) is 0 Å². The highest BCUT2D eigenvalue weighted by molar-refractivity contribution is 5.88. The molecule has 2 aromatic rings. The van der Waals surface area contributed by atoms with Crippen molar-refractivity contribution in [1.29, 1.82) is 0 Å². The molecule has 1 aromatic carbocycles. The molecule has 1 N–H and O–H groups in total. The van der Waals surface area contributed by atoms with E-state index in [4.69, 9.17) is 4.42 Å². The Morgan fingerprint density at radius 3 is 2.58 bits per heavy atom. The zero-order chi connectivity index (χ0) is 14.0. The highest BCUT2D eigenvalue weighted by Crippen LogP contribution is 2.35. The second kappa shape index (κ2) is 5.79. The van der Waals surface area contributed by atoms with Gasteiger partial charge in [0.1, 0.15) is 11.3 Å². The molecule has 0 aliphatic heterocycles. The van der Waals surface area contributed by atoms with Crippen LogP contribution in [0.2, 0.25) is 0 Å². The van der Waals surface area contributed by atoms with Crippen LogP contribution in [-0.2, 0) is 13.0 Å². The molecule has 0 radical (unpaired) electrons. The number of hydrogen-bond acceptors (Lipinski definition) is 2. The minimum atomic E-state index is 0.492. The minimum Gasteiger partial charge on any atom is -0.459 e. The standard InChI is InChI=1S/C17H25NO/c1-6-7-14-15(10-18-5)19-17-13(11(2)3)9-8-12(4)16(14)17/h8-9,11,18H,6-7,10H2,1-5H3. The first kappa shape index (κ1) is 14.1. The second-order valence-corrected chi connectivity index (χ2v) is 5.61. The summed E-state index contributed by atoms with van der Waals surface area (Å²) in [5.74, 6) is 1.60. The van der Waals surface area contributed by atoms with Gasteiger partial charge in [0.15, 0.2) is 0 Å². The fourth-order valence-corrected chi connectivity index (χ4v) is 2.78. The largest absolute Gasteiger partial charge is 0.459 e. The van der Waals surface area contributed by atoms with Gasteiger partial charge in [-0.3, -0.25) is 0 Å². The summed E-state index contributed by atoms with van der Waals surface area (Å²) >= 11 is 0. The number of benzene rings is 1. The molecule has 19 heavy (non-hydrogen) atoms. The van der Waals surface area contributed by atoms with E-state index in [1.165, 1.54) is 22.1 Å². The van der Waals surface area contributed by atoms with Crippen molar-refractivity contribution in [3.05, 3.63) is 34.6 Å². The summed E-state index contributed by atoms with van der Waals surface area (Å²) in [6.07, 6.45) is 2.24. The number of furan rings is 1. The lowest BCUT2D eigenvalue weighted by Gasteiger charge is -2.08. The summed E-state index contributed by atoms with van der Waals surface area (Å²) in [7, 11) is 1.97. The Bertz CT molecular complexity index is 566. The average Bonchev–Trinajstić information content (AvgIpc) is 2.70. The molecule has 2 heteroatoms. The zero-order valence-electron chi connectivity index (χ0n) is 12.8. The normalized spacial score (nSPS) is 11.7. The maximum Gasteiger partial charge on any atom is 0.138 e. The molecule has 1 heterocycles. The Hall–Kier alpha value is -1.28. The van der Waals surface area contributed by atoms with Crippen molar-refractivity contribution < 1.29 is 4.42 Å².